The smallest absolute Gasteiger partial charge is 0.253 e. The van der Waals surface area contributed by atoms with Crippen molar-refractivity contribution < 1.29 is 31.1 Å². The Morgan fingerprint density at radius 3 is 2.38 bits per heavy atom. The zero-order chi connectivity index (χ0) is 26.3. The highest BCUT2D eigenvalue weighted by Gasteiger charge is 2.25. The number of anilines is 1. The number of fused-ring (bicyclic) bond motifs is 1. The first-order valence-electron chi connectivity index (χ1n) is 11.3. The second-order valence-corrected chi connectivity index (χ2v) is 10.6. The lowest BCUT2D eigenvalue weighted by atomic mass is 10.0. The van der Waals surface area contributed by atoms with Crippen LogP contribution in [-0.2, 0) is 14.6 Å². The molecule has 1 fully saturated rings. The number of carbonyl (C=O) groups excluding carboxylic acids is 1. The maximum atomic E-state index is 15.7. The molecule has 5 rings (SSSR count). The highest BCUT2D eigenvalue weighted by molar-refractivity contribution is 7.91. The molecule has 4 N–H and O–H groups in total. The molecule has 0 bridgehead atoms. The minimum atomic E-state index is -4.32. The molecule has 3 aromatic carbocycles. The number of halogens is 3. The number of nitrogens with one attached hydrogen (secondary N) is 2. The van der Waals surface area contributed by atoms with Gasteiger partial charge in [0.1, 0.15) is 23.1 Å². The number of sulfone groups is 1. The SMILES string of the molecule is NC(=O)c1c(NC2CCOCC2)ccc(-c2n[nH]c3ccc(S(=O)(=O)c4cc(F)cc(F)c4)cc23)c1F. The monoisotopic (exact) mass is 530 g/mol. The van der Waals surface area contributed by atoms with Crippen molar-refractivity contribution in [3.05, 3.63) is 71.5 Å². The van der Waals surface area contributed by atoms with Gasteiger partial charge >= 0.3 is 0 Å². The average molecular weight is 531 g/mol. The van der Waals surface area contributed by atoms with Gasteiger partial charge in [-0.3, -0.25) is 9.89 Å². The van der Waals surface area contributed by atoms with Gasteiger partial charge in [-0.2, -0.15) is 5.10 Å². The number of benzene rings is 3. The summed E-state index contributed by atoms with van der Waals surface area (Å²) in [6.07, 6.45) is 1.36. The number of amides is 1. The van der Waals surface area contributed by atoms with E-state index in [9.17, 15) is 22.0 Å². The molecule has 0 unspecified atom stereocenters. The zero-order valence-electron chi connectivity index (χ0n) is 19.2. The number of H-pyrrole nitrogens is 1. The number of nitrogens with two attached hydrogens (primary N) is 1. The molecule has 37 heavy (non-hydrogen) atoms. The summed E-state index contributed by atoms with van der Waals surface area (Å²) in [7, 11) is -4.32. The Kier molecular flexibility index (Phi) is 6.38. The predicted octanol–water partition coefficient (Wildman–Crippen LogP) is 4.17. The van der Waals surface area contributed by atoms with Gasteiger partial charge in [0.25, 0.3) is 5.91 Å². The van der Waals surface area contributed by atoms with Crippen molar-refractivity contribution in [2.75, 3.05) is 18.5 Å². The van der Waals surface area contributed by atoms with Gasteiger partial charge in [-0.1, -0.05) is 0 Å². The molecule has 0 spiro atoms. The number of rotatable bonds is 6. The number of aromatic nitrogens is 2. The van der Waals surface area contributed by atoms with Gasteiger partial charge in [-0.15, -0.1) is 0 Å². The van der Waals surface area contributed by atoms with Crippen LogP contribution in [0.5, 0.6) is 0 Å². The number of aromatic amines is 1. The van der Waals surface area contributed by atoms with E-state index in [1.807, 2.05) is 0 Å². The van der Waals surface area contributed by atoms with E-state index in [0.717, 1.165) is 0 Å². The van der Waals surface area contributed by atoms with Crippen molar-refractivity contribution in [1.82, 2.24) is 10.2 Å². The van der Waals surface area contributed by atoms with Gasteiger partial charge in [0.2, 0.25) is 9.84 Å². The van der Waals surface area contributed by atoms with Crippen molar-refractivity contribution >= 4 is 32.3 Å². The number of carbonyl (C=O) groups is 1. The minimum absolute atomic E-state index is 0.0243. The van der Waals surface area contributed by atoms with E-state index < -0.39 is 38.1 Å². The Bertz CT molecular complexity index is 1610. The highest BCUT2D eigenvalue weighted by atomic mass is 32.2. The van der Waals surface area contributed by atoms with Crippen LogP contribution in [0.2, 0.25) is 0 Å². The third-order valence-corrected chi connectivity index (χ3v) is 7.95. The minimum Gasteiger partial charge on any atom is -0.381 e. The number of hydrogen-bond donors (Lipinski definition) is 3. The molecule has 0 aliphatic carbocycles. The standard InChI is InChI=1S/C25H21F3N4O4S/c26-13-9-14(27)11-17(10-13)37(34,35)16-1-3-20-19(12-16)24(32-31-20)18-2-4-21(22(23(18)28)25(29)33)30-15-5-7-36-8-6-15/h1-4,9-12,15,30H,5-8H2,(H2,29,33)(H,31,32). The van der Waals surface area contributed by atoms with Gasteiger partial charge in [0.05, 0.1) is 26.6 Å². The van der Waals surface area contributed by atoms with Crippen LogP contribution in [0.3, 0.4) is 0 Å². The Morgan fingerprint density at radius 1 is 1.00 bits per heavy atom. The summed E-state index contributed by atoms with van der Waals surface area (Å²) in [5.74, 6) is -3.98. The molecule has 0 radical (unpaired) electrons. The largest absolute Gasteiger partial charge is 0.381 e. The quantitative estimate of drug-likeness (QED) is 0.343. The number of ether oxygens (including phenoxy) is 1. The van der Waals surface area contributed by atoms with Crippen molar-refractivity contribution in [1.29, 1.82) is 0 Å². The van der Waals surface area contributed by atoms with E-state index in [0.29, 0.717) is 49.8 Å². The van der Waals surface area contributed by atoms with E-state index >= 15 is 4.39 Å². The van der Waals surface area contributed by atoms with Crippen molar-refractivity contribution in [3.8, 4) is 11.3 Å². The zero-order valence-corrected chi connectivity index (χ0v) is 20.0. The predicted molar refractivity (Wildman–Crippen MR) is 129 cm³/mol. The van der Waals surface area contributed by atoms with E-state index in [1.54, 1.807) is 0 Å². The van der Waals surface area contributed by atoms with Gasteiger partial charge in [-0.25, -0.2) is 21.6 Å². The maximum absolute atomic E-state index is 15.7. The lowest BCUT2D eigenvalue weighted by Gasteiger charge is -2.25. The van der Waals surface area contributed by atoms with Crippen LogP contribution >= 0.6 is 0 Å². The van der Waals surface area contributed by atoms with Crippen LogP contribution in [0, 0.1) is 17.5 Å². The molecule has 0 saturated carbocycles. The summed E-state index contributed by atoms with van der Waals surface area (Å²) in [5, 5.41) is 10.2. The maximum Gasteiger partial charge on any atom is 0.253 e. The molecule has 1 aliphatic heterocycles. The molecule has 12 heteroatoms. The average Bonchev–Trinajstić information content (AvgIpc) is 3.27. The van der Waals surface area contributed by atoms with Crippen molar-refractivity contribution in [2.45, 2.75) is 28.7 Å². The summed E-state index contributed by atoms with van der Waals surface area (Å²) >= 11 is 0. The molecular weight excluding hydrogens is 509 g/mol. The fourth-order valence-corrected chi connectivity index (χ4v) is 5.70. The topological polar surface area (TPSA) is 127 Å². The fraction of sp³-hybridized carbons (Fsp3) is 0.200. The molecule has 2 heterocycles. The summed E-state index contributed by atoms with van der Waals surface area (Å²) in [5.41, 5.74) is 5.73. The first-order chi connectivity index (χ1) is 17.6. The van der Waals surface area contributed by atoms with Gasteiger partial charge in [0, 0.05) is 36.3 Å². The molecule has 4 aromatic rings. The van der Waals surface area contributed by atoms with Crippen LogP contribution in [0.1, 0.15) is 23.2 Å². The summed E-state index contributed by atoms with van der Waals surface area (Å²) in [6, 6.07) is 8.77. The second-order valence-electron chi connectivity index (χ2n) is 8.63. The lowest BCUT2D eigenvalue weighted by molar-refractivity contribution is 0.0904. The fourth-order valence-electron chi connectivity index (χ4n) is 4.37. The Labute approximate surface area is 209 Å². The first-order valence-corrected chi connectivity index (χ1v) is 12.8. The van der Waals surface area contributed by atoms with Gasteiger partial charge < -0.3 is 15.8 Å². The van der Waals surface area contributed by atoms with Crippen LogP contribution in [0.25, 0.3) is 22.2 Å². The Balaban J connectivity index is 1.59. The Hall–Kier alpha value is -3.90. The summed E-state index contributed by atoms with van der Waals surface area (Å²) in [6.45, 7) is 1.08. The first kappa shape index (κ1) is 24.8. The molecule has 1 aliphatic rings. The number of primary amides is 1. The van der Waals surface area contributed by atoms with Crippen LogP contribution in [0.15, 0.2) is 58.3 Å². The highest BCUT2D eigenvalue weighted by Crippen LogP contribution is 2.35. The Morgan fingerprint density at radius 2 is 1.70 bits per heavy atom. The van der Waals surface area contributed by atoms with E-state index in [1.165, 1.54) is 30.3 Å². The molecule has 0 atom stereocenters. The second kappa shape index (κ2) is 9.52. The van der Waals surface area contributed by atoms with Crippen molar-refractivity contribution in [3.63, 3.8) is 0 Å². The van der Waals surface area contributed by atoms with Crippen LogP contribution < -0.4 is 11.1 Å². The summed E-state index contributed by atoms with van der Waals surface area (Å²) in [4.78, 5) is 11.4. The van der Waals surface area contributed by atoms with Crippen molar-refractivity contribution in [2.24, 2.45) is 5.73 Å². The van der Waals surface area contributed by atoms with Crippen LogP contribution in [0.4, 0.5) is 18.9 Å². The summed E-state index contributed by atoms with van der Waals surface area (Å²) < 4.78 is 74.5. The van der Waals surface area contributed by atoms with Gasteiger partial charge in [-0.05, 0) is 55.3 Å². The molecule has 1 aromatic heterocycles. The molecule has 192 valence electrons. The third-order valence-electron chi connectivity index (χ3n) is 6.22. The lowest BCUT2D eigenvalue weighted by Crippen LogP contribution is -2.29. The van der Waals surface area contributed by atoms with E-state index in [-0.39, 0.29) is 38.8 Å². The van der Waals surface area contributed by atoms with Gasteiger partial charge in [0.15, 0.2) is 0 Å². The number of nitrogens with zero attached hydrogens (tertiary/aromatic N) is 1. The number of hydrogen-bond acceptors (Lipinski definition) is 6. The molecular formula is C25H21F3N4O4S. The van der Waals surface area contributed by atoms with E-state index in [2.05, 4.69) is 15.5 Å². The van der Waals surface area contributed by atoms with E-state index in [4.69, 9.17) is 10.5 Å². The third kappa shape index (κ3) is 4.65. The molecule has 1 saturated heterocycles. The molecule has 1 amide bonds. The molecule has 8 nitrogen and oxygen atoms in total. The van der Waals surface area contributed by atoms with Crippen LogP contribution in [-0.4, -0.2) is 43.8 Å². The normalized spacial score (nSPS) is 14.7.